The molecule has 0 radical (unpaired) electrons. The number of aromatic nitrogens is 2. The summed E-state index contributed by atoms with van der Waals surface area (Å²) in [6.07, 6.45) is 5.21. The Kier molecular flexibility index (Phi) is 7.38. The van der Waals surface area contributed by atoms with Gasteiger partial charge in [-0.05, 0) is 29.8 Å². The van der Waals surface area contributed by atoms with Gasteiger partial charge in [0.25, 0.3) is 4.45 Å². The van der Waals surface area contributed by atoms with E-state index < -0.39 is 0 Å². The largest absolute Gasteiger partial charge is 0.417 e. The van der Waals surface area contributed by atoms with Crippen molar-refractivity contribution in [2.24, 2.45) is 0 Å². The fourth-order valence-electron chi connectivity index (χ4n) is 2.28. The van der Waals surface area contributed by atoms with Gasteiger partial charge in [0, 0.05) is 40.1 Å². The third-order valence-electron chi connectivity index (χ3n) is 3.49. The van der Waals surface area contributed by atoms with Crippen molar-refractivity contribution in [3.05, 3.63) is 81.8 Å². The molecule has 27 heavy (non-hydrogen) atoms. The maximum absolute atomic E-state index is 12.5. The van der Waals surface area contributed by atoms with Crippen LogP contribution < -0.4 is 4.18 Å². The SMILES string of the molecule is O=C(SOc1cccc(Cl)c1)SC(Cn1ccnc1)c1ccc(Cl)cc1Cl. The number of thioether (sulfide) groups is 1. The van der Waals surface area contributed by atoms with E-state index in [-0.39, 0.29) is 9.70 Å². The van der Waals surface area contributed by atoms with E-state index >= 15 is 0 Å². The quantitative estimate of drug-likeness (QED) is 0.366. The highest BCUT2D eigenvalue weighted by Gasteiger charge is 2.21. The molecule has 1 unspecified atom stereocenters. The number of hydrogen-bond acceptors (Lipinski definition) is 5. The molecule has 0 aliphatic carbocycles. The van der Waals surface area contributed by atoms with Crippen molar-refractivity contribution in [1.82, 2.24) is 9.55 Å². The van der Waals surface area contributed by atoms with Crippen LogP contribution in [0.15, 0.2) is 61.2 Å². The lowest BCUT2D eigenvalue weighted by atomic mass is 10.1. The summed E-state index contributed by atoms with van der Waals surface area (Å²) < 4.78 is 7.14. The van der Waals surface area contributed by atoms with Gasteiger partial charge < -0.3 is 8.75 Å². The minimum Gasteiger partial charge on any atom is -0.417 e. The Hall–Kier alpha value is -1.31. The molecule has 0 N–H and O–H groups in total. The van der Waals surface area contributed by atoms with Crippen LogP contribution in [-0.2, 0) is 6.54 Å². The van der Waals surface area contributed by atoms with Crippen molar-refractivity contribution in [2.75, 3.05) is 0 Å². The third-order valence-corrected chi connectivity index (χ3v) is 6.07. The summed E-state index contributed by atoms with van der Waals surface area (Å²) in [7, 11) is 0. The molecule has 0 spiro atoms. The van der Waals surface area contributed by atoms with E-state index in [0.29, 0.717) is 27.4 Å². The van der Waals surface area contributed by atoms with Crippen LogP contribution in [0.4, 0.5) is 4.79 Å². The molecule has 2 aromatic carbocycles. The lowest BCUT2D eigenvalue weighted by molar-refractivity contribution is 0.275. The molecule has 0 amide bonds. The summed E-state index contributed by atoms with van der Waals surface area (Å²) in [6, 6.07) is 12.1. The van der Waals surface area contributed by atoms with Crippen molar-refractivity contribution in [1.29, 1.82) is 0 Å². The van der Waals surface area contributed by atoms with Crippen molar-refractivity contribution in [3.63, 3.8) is 0 Å². The van der Waals surface area contributed by atoms with E-state index in [1.807, 2.05) is 16.8 Å². The smallest absolute Gasteiger partial charge is 0.285 e. The number of imidazole rings is 1. The first-order valence-electron chi connectivity index (χ1n) is 7.72. The molecule has 0 aliphatic heterocycles. The minimum absolute atomic E-state index is 0.203. The Morgan fingerprint density at radius 2 is 1.96 bits per heavy atom. The number of nitrogens with zero attached hydrogens (tertiary/aromatic N) is 2. The van der Waals surface area contributed by atoms with Crippen LogP contribution in [0.1, 0.15) is 10.8 Å². The van der Waals surface area contributed by atoms with E-state index in [1.54, 1.807) is 48.9 Å². The van der Waals surface area contributed by atoms with Crippen LogP contribution in [0.25, 0.3) is 0 Å². The summed E-state index contributed by atoms with van der Waals surface area (Å²) in [5.41, 5.74) is 0.816. The highest BCUT2D eigenvalue weighted by molar-refractivity contribution is 8.37. The molecule has 3 aromatic rings. The average molecular weight is 460 g/mol. The van der Waals surface area contributed by atoms with E-state index in [1.165, 1.54) is 0 Å². The van der Waals surface area contributed by atoms with E-state index in [9.17, 15) is 4.79 Å². The molecule has 9 heteroatoms. The van der Waals surface area contributed by atoms with Crippen molar-refractivity contribution < 1.29 is 8.98 Å². The molecule has 1 atom stereocenters. The second-order valence-corrected chi connectivity index (χ2v) is 8.82. The fraction of sp³-hybridized carbons (Fsp3) is 0.111. The molecular weight excluding hydrogens is 447 g/mol. The van der Waals surface area contributed by atoms with Gasteiger partial charge in [-0.3, -0.25) is 4.79 Å². The van der Waals surface area contributed by atoms with Gasteiger partial charge in [0.2, 0.25) is 0 Å². The maximum atomic E-state index is 12.5. The molecular formula is C18H13Cl3N2O2S2. The van der Waals surface area contributed by atoms with Gasteiger partial charge in [-0.15, -0.1) is 0 Å². The van der Waals surface area contributed by atoms with Crippen LogP contribution in [-0.4, -0.2) is 14.0 Å². The van der Waals surface area contributed by atoms with Crippen LogP contribution in [0.2, 0.25) is 15.1 Å². The number of carbonyl (C=O) groups excluding carboxylic acids is 1. The fourth-order valence-corrected chi connectivity index (χ4v) is 4.76. The summed E-state index contributed by atoms with van der Waals surface area (Å²) >= 11 is 20.1. The Morgan fingerprint density at radius 1 is 1.15 bits per heavy atom. The number of halogens is 3. The van der Waals surface area contributed by atoms with Gasteiger partial charge in [-0.2, -0.15) is 0 Å². The van der Waals surface area contributed by atoms with Gasteiger partial charge >= 0.3 is 0 Å². The number of carbonyl (C=O) groups is 1. The Labute approximate surface area is 180 Å². The highest BCUT2D eigenvalue weighted by atomic mass is 35.5. The first kappa shape index (κ1) is 20.4. The zero-order valence-electron chi connectivity index (χ0n) is 13.7. The summed E-state index contributed by atoms with van der Waals surface area (Å²) in [5.74, 6) is 0.511. The van der Waals surface area contributed by atoms with Crippen LogP contribution >= 0.6 is 58.6 Å². The summed E-state index contributed by atoms with van der Waals surface area (Å²) in [6.45, 7) is 0.523. The minimum atomic E-state index is -0.230. The molecule has 1 aromatic heterocycles. The zero-order chi connectivity index (χ0) is 19.2. The normalized spacial score (nSPS) is 12.0. The Balaban J connectivity index is 1.71. The summed E-state index contributed by atoms with van der Waals surface area (Å²) in [5, 5.41) is 1.36. The molecule has 0 aliphatic rings. The number of rotatable bonds is 6. The standard InChI is InChI=1S/C18H13Cl3N2O2S2/c19-12-2-1-3-14(8-12)25-27-18(24)26-17(10-23-7-6-22-11-23)15-5-4-13(20)9-16(15)21/h1-9,11,17H,10H2. The molecule has 3 rings (SSSR count). The van der Waals surface area contributed by atoms with Crippen LogP contribution in [0.3, 0.4) is 0 Å². The first-order valence-corrected chi connectivity index (χ1v) is 10.5. The van der Waals surface area contributed by atoms with Gasteiger partial charge in [0.15, 0.2) is 0 Å². The first-order chi connectivity index (χ1) is 13.0. The van der Waals surface area contributed by atoms with E-state index in [4.69, 9.17) is 39.0 Å². The number of benzene rings is 2. The summed E-state index contributed by atoms with van der Waals surface area (Å²) in [4.78, 5) is 16.5. The van der Waals surface area contributed by atoms with E-state index in [0.717, 1.165) is 29.4 Å². The molecule has 0 saturated carbocycles. The molecule has 0 saturated heterocycles. The Morgan fingerprint density at radius 3 is 2.67 bits per heavy atom. The molecule has 0 fully saturated rings. The monoisotopic (exact) mass is 458 g/mol. The molecule has 0 bridgehead atoms. The van der Waals surface area contributed by atoms with Crippen molar-refractivity contribution in [2.45, 2.75) is 11.8 Å². The third kappa shape index (κ3) is 6.09. The lowest BCUT2D eigenvalue weighted by Gasteiger charge is -2.18. The molecule has 4 nitrogen and oxygen atoms in total. The average Bonchev–Trinajstić information content (AvgIpc) is 3.13. The predicted octanol–water partition coefficient (Wildman–Crippen LogP) is 7.17. The topological polar surface area (TPSA) is 44.1 Å². The second kappa shape index (κ2) is 9.75. The highest BCUT2D eigenvalue weighted by Crippen LogP contribution is 2.39. The second-order valence-electron chi connectivity index (χ2n) is 5.41. The van der Waals surface area contributed by atoms with Crippen LogP contribution in [0.5, 0.6) is 5.75 Å². The predicted molar refractivity (Wildman–Crippen MR) is 114 cm³/mol. The van der Waals surface area contributed by atoms with Crippen LogP contribution in [0, 0.1) is 0 Å². The Bertz CT molecular complexity index is 923. The lowest BCUT2D eigenvalue weighted by Crippen LogP contribution is -2.07. The van der Waals surface area contributed by atoms with Gasteiger partial charge in [-0.25, -0.2) is 4.98 Å². The molecule has 1 heterocycles. The van der Waals surface area contributed by atoms with Gasteiger partial charge in [0.1, 0.15) is 17.8 Å². The van der Waals surface area contributed by atoms with Crippen molar-refractivity contribution in [3.8, 4) is 5.75 Å². The number of hydrogen-bond donors (Lipinski definition) is 0. The van der Waals surface area contributed by atoms with Crippen molar-refractivity contribution >= 4 is 63.1 Å². The van der Waals surface area contributed by atoms with Gasteiger partial charge in [-0.1, -0.05) is 58.7 Å². The van der Waals surface area contributed by atoms with E-state index in [2.05, 4.69) is 4.98 Å². The zero-order valence-corrected chi connectivity index (χ0v) is 17.6. The molecule has 140 valence electrons. The maximum Gasteiger partial charge on any atom is 0.285 e. The van der Waals surface area contributed by atoms with Gasteiger partial charge in [0.05, 0.1) is 11.6 Å².